The van der Waals surface area contributed by atoms with Crippen molar-refractivity contribution in [3.63, 3.8) is 0 Å². The summed E-state index contributed by atoms with van der Waals surface area (Å²) in [4.78, 5) is 36.2. The van der Waals surface area contributed by atoms with E-state index in [0.29, 0.717) is 17.6 Å². The summed E-state index contributed by atoms with van der Waals surface area (Å²) in [5, 5.41) is 6.14. The van der Waals surface area contributed by atoms with E-state index in [1.807, 2.05) is 53.4 Å². The number of aromatic nitrogens is 2. The Balaban J connectivity index is 1.37. The normalized spacial score (nSPS) is 17.2. The predicted molar refractivity (Wildman–Crippen MR) is 124 cm³/mol. The molecular weight excluding hydrogens is 402 g/mol. The van der Waals surface area contributed by atoms with Gasteiger partial charge in [-0.15, -0.1) is 0 Å². The molecule has 2 aliphatic rings. The molecule has 7 heteroatoms. The molecule has 32 heavy (non-hydrogen) atoms. The van der Waals surface area contributed by atoms with Crippen molar-refractivity contribution in [2.75, 3.05) is 17.2 Å². The van der Waals surface area contributed by atoms with Crippen molar-refractivity contribution < 1.29 is 9.59 Å². The molecule has 0 aliphatic carbocycles. The zero-order valence-electron chi connectivity index (χ0n) is 18.0. The Morgan fingerprint density at radius 2 is 2.00 bits per heavy atom. The maximum Gasteiger partial charge on any atom is 0.254 e. The van der Waals surface area contributed by atoms with E-state index >= 15 is 0 Å². The van der Waals surface area contributed by atoms with Crippen LogP contribution in [-0.4, -0.2) is 39.3 Å². The van der Waals surface area contributed by atoms with Crippen molar-refractivity contribution in [3.8, 4) is 11.3 Å². The van der Waals surface area contributed by atoms with Crippen LogP contribution in [0.4, 0.5) is 17.3 Å². The van der Waals surface area contributed by atoms with E-state index in [1.165, 1.54) is 0 Å². The van der Waals surface area contributed by atoms with Crippen LogP contribution in [0.15, 0.2) is 54.7 Å². The smallest absolute Gasteiger partial charge is 0.254 e. The zero-order valence-corrected chi connectivity index (χ0v) is 18.0. The lowest BCUT2D eigenvalue weighted by Gasteiger charge is -2.23. The van der Waals surface area contributed by atoms with Crippen LogP contribution < -0.4 is 10.6 Å². The van der Waals surface area contributed by atoms with Gasteiger partial charge in [-0.2, -0.15) is 0 Å². The van der Waals surface area contributed by atoms with Crippen LogP contribution in [0.3, 0.4) is 0 Å². The first-order valence-corrected chi connectivity index (χ1v) is 11.1. The van der Waals surface area contributed by atoms with Crippen molar-refractivity contribution in [1.82, 2.24) is 14.9 Å². The molecule has 2 aromatic carbocycles. The summed E-state index contributed by atoms with van der Waals surface area (Å²) < 4.78 is 0. The number of nitrogens with one attached hydrogen (secondary N) is 2. The number of benzene rings is 2. The molecule has 3 heterocycles. The molecule has 0 bridgehead atoms. The van der Waals surface area contributed by atoms with Crippen LogP contribution in [-0.2, 0) is 11.2 Å². The van der Waals surface area contributed by atoms with Gasteiger partial charge in [0.2, 0.25) is 11.9 Å². The number of amides is 2. The van der Waals surface area contributed by atoms with Crippen LogP contribution >= 0.6 is 0 Å². The molecule has 7 nitrogen and oxygen atoms in total. The molecule has 1 unspecified atom stereocenters. The molecule has 0 saturated carbocycles. The Hall–Kier alpha value is -3.74. The fourth-order valence-electron chi connectivity index (χ4n) is 4.51. The van der Waals surface area contributed by atoms with Crippen molar-refractivity contribution in [1.29, 1.82) is 0 Å². The number of likely N-dealkylation sites (tertiary alicyclic amines) is 1. The highest BCUT2D eigenvalue weighted by atomic mass is 16.2. The number of para-hydroxylation sites is 1. The lowest BCUT2D eigenvalue weighted by atomic mass is 10.1. The van der Waals surface area contributed by atoms with E-state index in [0.717, 1.165) is 54.0 Å². The quantitative estimate of drug-likeness (QED) is 0.645. The molecule has 1 aromatic heterocycles. The van der Waals surface area contributed by atoms with Gasteiger partial charge in [0.15, 0.2) is 0 Å². The summed E-state index contributed by atoms with van der Waals surface area (Å²) >= 11 is 0. The molecule has 2 aliphatic heterocycles. The summed E-state index contributed by atoms with van der Waals surface area (Å²) in [6.07, 6.45) is 5.08. The van der Waals surface area contributed by atoms with Gasteiger partial charge in [0.1, 0.15) is 0 Å². The molecule has 1 fully saturated rings. The number of carbonyl (C=O) groups is 2. The highest BCUT2D eigenvalue weighted by Gasteiger charge is 2.28. The third kappa shape index (κ3) is 3.82. The first-order chi connectivity index (χ1) is 15.6. The second kappa shape index (κ2) is 8.42. The highest BCUT2D eigenvalue weighted by Crippen LogP contribution is 2.33. The summed E-state index contributed by atoms with van der Waals surface area (Å²) in [6.45, 7) is 2.97. The van der Waals surface area contributed by atoms with Crippen molar-refractivity contribution in [2.24, 2.45) is 0 Å². The third-order valence-electron chi connectivity index (χ3n) is 6.17. The highest BCUT2D eigenvalue weighted by molar-refractivity contribution is 6.00. The molecule has 1 atom stereocenters. The second-order valence-corrected chi connectivity index (χ2v) is 8.24. The largest absolute Gasteiger partial charge is 0.336 e. The Morgan fingerprint density at radius 1 is 1.19 bits per heavy atom. The number of hydrogen-bond acceptors (Lipinski definition) is 5. The molecule has 0 radical (unpaired) electrons. The lowest BCUT2D eigenvalue weighted by Crippen LogP contribution is -2.35. The average Bonchev–Trinajstić information content (AvgIpc) is 3.24. The van der Waals surface area contributed by atoms with Crippen LogP contribution in [0.1, 0.15) is 42.1 Å². The van der Waals surface area contributed by atoms with E-state index in [2.05, 4.69) is 22.5 Å². The van der Waals surface area contributed by atoms with Gasteiger partial charge in [0.05, 0.1) is 17.8 Å². The third-order valence-corrected chi connectivity index (χ3v) is 6.17. The number of fused-ring (bicyclic) bond motifs is 3. The molecule has 0 spiro atoms. The monoisotopic (exact) mass is 427 g/mol. The molecule has 162 valence electrons. The van der Waals surface area contributed by atoms with E-state index in [-0.39, 0.29) is 18.2 Å². The zero-order chi connectivity index (χ0) is 22.1. The van der Waals surface area contributed by atoms with E-state index in [9.17, 15) is 9.59 Å². The molecule has 3 aromatic rings. The summed E-state index contributed by atoms with van der Waals surface area (Å²) in [5.74, 6) is 0.456. The van der Waals surface area contributed by atoms with Crippen LogP contribution in [0, 0.1) is 0 Å². The number of carbonyl (C=O) groups excluding carboxylic acids is 2. The first kappa shape index (κ1) is 20.2. The van der Waals surface area contributed by atoms with E-state index < -0.39 is 0 Å². The summed E-state index contributed by atoms with van der Waals surface area (Å²) in [5.41, 5.74) is 4.63. The molecular formula is C25H25N5O2. The van der Waals surface area contributed by atoms with Gasteiger partial charge in [-0.25, -0.2) is 9.97 Å². The number of rotatable bonds is 4. The van der Waals surface area contributed by atoms with Gasteiger partial charge >= 0.3 is 0 Å². The van der Waals surface area contributed by atoms with Gasteiger partial charge in [-0.05, 0) is 49.6 Å². The minimum Gasteiger partial charge on any atom is -0.336 e. The fraction of sp³-hybridized carbons (Fsp3) is 0.280. The predicted octanol–water partition coefficient (Wildman–Crippen LogP) is 4.40. The first-order valence-electron chi connectivity index (χ1n) is 11.1. The van der Waals surface area contributed by atoms with E-state index in [4.69, 9.17) is 4.98 Å². The minimum atomic E-state index is -0.0796. The van der Waals surface area contributed by atoms with Gasteiger partial charge in [0.25, 0.3) is 5.91 Å². The Morgan fingerprint density at radius 3 is 2.81 bits per heavy atom. The standard InChI is InChI=1S/C25H25N5O2/c1-2-19-6-5-13-30(19)24(32)16-9-11-18(12-10-16)27-25-26-15-17-14-22(31)28-21-8-4-3-7-20(21)23(17)29-25/h3-4,7-12,15,19H,2,5-6,13-14H2,1H3,(H,28,31)(H,26,27,29). The fourth-order valence-corrected chi connectivity index (χ4v) is 4.51. The van der Waals surface area contributed by atoms with Crippen LogP contribution in [0.2, 0.25) is 0 Å². The Labute approximate surface area is 186 Å². The average molecular weight is 428 g/mol. The lowest BCUT2D eigenvalue weighted by molar-refractivity contribution is -0.115. The van der Waals surface area contributed by atoms with Gasteiger partial charge < -0.3 is 15.5 Å². The van der Waals surface area contributed by atoms with Crippen LogP contribution in [0.5, 0.6) is 0 Å². The van der Waals surface area contributed by atoms with Gasteiger partial charge in [-0.1, -0.05) is 25.1 Å². The molecule has 2 amide bonds. The van der Waals surface area contributed by atoms with Crippen molar-refractivity contribution >= 4 is 29.1 Å². The topological polar surface area (TPSA) is 87.2 Å². The van der Waals surface area contributed by atoms with E-state index in [1.54, 1.807) is 6.20 Å². The minimum absolute atomic E-state index is 0.0796. The maximum atomic E-state index is 12.9. The Kier molecular flexibility index (Phi) is 5.31. The SMILES string of the molecule is CCC1CCCN1C(=O)c1ccc(Nc2ncc3c(n2)-c2ccccc2NC(=O)C3)cc1. The maximum absolute atomic E-state index is 12.9. The number of anilines is 3. The molecule has 5 rings (SSSR count). The Bertz CT molecular complexity index is 1180. The summed E-state index contributed by atoms with van der Waals surface area (Å²) in [6, 6.07) is 15.4. The number of hydrogen-bond donors (Lipinski definition) is 2. The second-order valence-electron chi connectivity index (χ2n) is 8.24. The van der Waals surface area contributed by atoms with Crippen molar-refractivity contribution in [3.05, 3.63) is 65.9 Å². The van der Waals surface area contributed by atoms with Gasteiger partial charge in [-0.3, -0.25) is 9.59 Å². The summed E-state index contributed by atoms with van der Waals surface area (Å²) in [7, 11) is 0. The van der Waals surface area contributed by atoms with Crippen molar-refractivity contribution in [2.45, 2.75) is 38.6 Å². The number of nitrogens with zero attached hydrogens (tertiary/aromatic N) is 3. The molecule has 1 saturated heterocycles. The molecule has 2 N–H and O–H groups in total. The van der Waals surface area contributed by atoms with Crippen LogP contribution in [0.25, 0.3) is 11.3 Å². The van der Waals surface area contributed by atoms with Gasteiger partial charge in [0, 0.05) is 41.2 Å².